The van der Waals surface area contributed by atoms with Crippen LogP contribution in [0.3, 0.4) is 0 Å². The number of β-amino-alcohol motifs (C(OH)–C–C–N with tert-alkyl or cyclic N) is 1. The van der Waals surface area contributed by atoms with Crippen molar-refractivity contribution in [1.29, 1.82) is 0 Å². The number of unbranched alkanes of at least 4 members (excludes halogenated alkanes) is 1. The van der Waals surface area contributed by atoms with E-state index >= 15 is 0 Å². The Morgan fingerprint density at radius 2 is 1.84 bits per heavy atom. The highest BCUT2D eigenvalue weighted by Crippen LogP contribution is 2.28. The molecule has 3 aromatic rings. The van der Waals surface area contributed by atoms with Crippen molar-refractivity contribution in [2.45, 2.75) is 104 Å². The number of aryl methyl sites for hydroxylation is 2. The van der Waals surface area contributed by atoms with Gasteiger partial charge in [0.15, 0.2) is 0 Å². The second-order valence-corrected chi connectivity index (χ2v) is 15.6. The number of ether oxygens (including phenoxy) is 1. The summed E-state index contributed by atoms with van der Waals surface area (Å²) in [7, 11) is 0. The summed E-state index contributed by atoms with van der Waals surface area (Å²) < 4.78 is 5.91. The van der Waals surface area contributed by atoms with Gasteiger partial charge in [0, 0.05) is 33.8 Å². The maximum atomic E-state index is 13.9. The number of nitrogens with two attached hydrogens (primary N) is 1. The summed E-state index contributed by atoms with van der Waals surface area (Å²) in [6, 6.07) is 14.1. The average Bonchev–Trinajstić information content (AvgIpc) is 3.71. The number of carbonyl (C=O) groups excluding carboxylic acids is 4. The number of carbonyl (C=O) groups is 4. The van der Waals surface area contributed by atoms with Gasteiger partial charge in [-0.05, 0) is 72.8 Å². The molecule has 1 aromatic heterocycles. The van der Waals surface area contributed by atoms with Crippen molar-refractivity contribution in [3.8, 4) is 16.2 Å². The zero-order valence-corrected chi connectivity index (χ0v) is 31.3. The number of nitrogens with one attached hydrogen (secondary N) is 2. The monoisotopic (exact) mass is 721 g/mol. The summed E-state index contributed by atoms with van der Waals surface area (Å²) in [6.07, 6.45) is 2.73. The lowest BCUT2D eigenvalue weighted by Gasteiger charge is -2.35. The van der Waals surface area contributed by atoms with Crippen molar-refractivity contribution >= 4 is 35.0 Å². The number of nitrogens with zero attached hydrogens (tertiary/aromatic N) is 2. The van der Waals surface area contributed by atoms with E-state index in [1.807, 2.05) is 88.7 Å². The molecule has 1 saturated heterocycles. The highest BCUT2D eigenvalue weighted by atomic mass is 32.1. The quantitative estimate of drug-likeness (QED) is 0.140. The van der Waals surface area contributed by atoms with Crippen molar-refractivity contribution in [2.24, 2.45) is 17.1 Å². The fourth-order valence-electron chi connectivity index (χ4n) is 6.13. The molecular weight excluding hydrogens is 667 g/mol. The molecule has 5 N–H and O–H groups in total. The van der Waals surface area contributed by atoms with Crippen LogP contribution in [0.25, 0.3) is 10.4 Å². The Bertz CT molecular complexity index is 1640. The predicted molar refractivity (Wildman–Crippen MR) is 201 cm³/mol. The summed E-state index contributed by atoms with van der Waals surface area (Å²) in [6.45, 7) is 10.4. The number of aliphatic hydroxyl groups excluding tert-OH is 1. The molecule has 2 heterocycles. The van der Waals surface area contributed by atoms with Crippen molar-refractivity contribution < 1.29 is 30.4 Å². The Hall–Kier alpha value is -4.29. The van der Waals surface area contributed by atoms with E-state index in [0.717, 1.165) is 45.9 Å². The Balaban J connectivity index is 0.00000729. The molecule has 0 saturated carbocycles. The molecule has 1 aliphatic rings. The van der Waals surface area contributed by atoms with Crippen LogP contribution in [0.5, 0.6) is 5.75 Å². The number of benzene rings is 2. The van der Waals surface area contributed by atoms with Gasteiger partial charge in [-0.15, -0.1) is 11.3 Å². The van der Waals surface area contributed by atoms with Gasteiger partial charge in [0.25, 0.3) is 0 Å². The van der Waals surface area contributed by atoms with E-state index in [4.69, 9.17) is 10.5 Å². The van der Waals surface area contributed by atoms with Crippen LogP contribution in [0.4, 0.5) is 0 Å². The van der Waals surface area contributed by atoms with E-state index in [1.165, 1.54) is 4.90 Å². The Morgan fingerprint density at radius 3 is 2.51 bits per heavy atom. The second kappa shape index (κ2) is 18.3. The van der Waals surface area contributed by atoms with Crippen molar-refractivity contribution in [3.05, 3.63) is 70.9 Å². The van der Waals surface area contributed by atoms with E-state index in [0.29, 0.717) is 25.9 Å². The van der Waals surface area contributed by atoms with Crippen LogP contribution in [0.2, 0.25) is 0 Å². The normalized spacial score (nSPS) is 17.1. The molecule has 51 heavy (non-hydrogen) atoms. The standard InChI is InChI=1S/C39H53N5O6S.H2/c1-25(13-18-33(40)46)23-50-31-11-8-10-27(19-31)9-6-7-12-34(47)43-36(39(3,4)5)38(49)44-22-30(45)20-32(44)37(48)41-21-28-14-16-29(17-15-28)35-26(2)42-24-51-35;/h8,10-11,14-17,19,24-25,30,32,36,45H,6-7,9,12-13,18,20-23H2,1-5H3,(H2,40,46)(H,41,48)(H,43,47);1H/t25-,30+,32-,36+;/m0./s1. The van der Waals surface area contributed by atoms with Gasteiger partial charge < -0.3 is 31.1 Å². The summed E-state index contributed by atoms with van der Waals surface area (Å²) >= 11 is 1.58. The molecule has 4 rings (SSSR count). The van der Waals surface area contributed by atoms with Gasteiger partial charge in [0.1, 0.15) is 17.8 Å². The van der Waals surface area contributed by atoms with Gasteiger partial charge in [-0.2, -0.15) is 0 Å². The van der Waals surface area contributed by atoms with Gasteiger partial charge in [-0.1, -0.05) is 64.1 Å². The van der Waals surface area contributed by atoms with Crippen LogP contribution in [0.15, 0.2) is 54.0 Å². The number of amides is 4. The third-order valence-electron chi connectivity index (χ3n) is 9.15. The van der Waals surface area contributed by atoms with Gasteiger partial charge in [0.05, 0.1) is 28.8 Å². The number of aliphatic hydroxyl groups is 1. The first-order valence-corrected chi connectivity index (χ1v) is 18.6. The van der Waals surface area contributed by atoms with Crippen LogP contribution >= 0.6 is 11.3 Å². The number of primary amides is 1. The maximum absolute atomic E-state index is 13.9. The molecule has 2 aromatic carbocycles. The molecule has 12 heteroatoms. The summed E-state index contributed by atoms with van der Waals surface area (Å²) in [5.74, 6) is -0.294. The first kappa shape index (κ1) is 39.5. The van der Waals surface area contributed by atoms with E-state index < -0.39 is 23.6 Å². The zero-order valence-electron chi connectivity index (χ0n) is 30.4. The predicted octanol–water partition coefficient (Wildman–Crippen LogP) is 5.17. The zero-order chi connectivity index (χ0) is 37.1. The molecule has 0 bridgehead atoms. The first-order valence-electron chi connectivity index (χ1n) is 17.8. The lowest BCUT2D eigenvalue weighted by molar-refractivity contribution is -0.144. The molecule has 1 aliphatic heterocycles. The van der Waals surface area contributed by atoms with E-state index in [1.54, 1.807) is 11.3 Å². The summed E-state index contributed by atoms with van der Waals surface area (Å²) in [5.41, 5.74) is 10.5. The number of thiazole rings is 1. The summed E-state index contributed by atoms with van der Waals surface area (Å²) in [5, 5.41) is 16.4. The van der Waals surface area contributed by atoms with E-state index in [2.05, 4.69) is 15.6 Å². The number of aromatic nitrogens is 1. The molecule has 4 amide bonds. The highest BCUT2D eigenvalue weighted by Gasteiger charge is 2.44. The van der Waals surface area contributed by atoms with Gasteiger partial charge in [-0.25, -0.2) is 4.98 Å². The fraction of sp³-hybridized carbons (Fsp3) is 0.513. The average molecular weight is 722 g/mol. The number of hydrogen-bond donors (Lipinski definition) is 4. The van der Waals surface area contributed by atoms with Gasteiger partial charge in [0.2, 0.25) is 23.6 Å². The lowest BCUT2D eigenvalue weighted by Crippen LogP contribution is -2.57. The number of likely N-dealkylation sites (tertiary alicyclic amines) is 1. The molecule has 0 spiro atoms. The van der Waals surface area contributed by atoms with Crippen molar-refractivity contribution in [2.75, 3.05) is 13.2 Å². The van der Waals surface area contributed by atoms with Crippen LogP contribution in [0.1, 0.15) is 84.5 Å². The van der Waals surface area contributed by atoms with Crippen LogP contribution < -0.4 is 21.1 Å². The number of hydrogen-bond acceptors (Lipinski definition) is 8. The Labute approximate surface area is 306 Å². The maximum Gasteiger partial charge on any atom is 0.246 e. The molecule has 11 nitrogen and oxygen atoms in total. The minimum Gasteiger partial charge on any atom is -0.493 e. The topological polar surface area (TPSA) is 164 Å². The van der Waals surface area contributed by atoms with Crippen LogP contribution in [-0.2, 0) is 32.1 Å². The molecular formula is C39H55N5O6S. The van der Waals surface area contributed by atoms with E-state index in [9.17, 15) is 24.3 Å². The fourth-order valence-corrected chi connectivity index (χ4v) is 6.94. The third-order valence-corrected chi connectivity index (χ3v) is 10.1. The molecule has 0 aliphatic carbocycles. The molecule has 0 radical (unpaired) electrons. The van der Waals surface area contributed by atoms with Crippen molar-refractivity contribution in [3.63, 3.8) is 0 Å². The van der Waals surface area contributed by atoms with Gasteiger partial charge >= 0.3 is 0 Å². The Kier molecular flexibility index (Phi) is 14.2. The second-order valence-electron chi connectivity index (χ2n) is 14.7. The molecule has 1 fully saturated rings. The largest absolute Gasteiger partial charge is 0.493 e. The minimum absolute atomic E-state index is 0. The third kappa shape index (κ3) is 11.9. The highest BCUT2D eigenvalue weighted by molar-refractivity contribution is 7.13. The van der Waals surface area contributed by atoms with Gasteiger partial charge in [-0.3, -0.25) is 19.2 Å². The minimum atomic E-state index is -0.868. The molecule has 278 valence electrons. The van der Waals surface area contributed by atoms with E-state index in [-0.39, 0.29) is 56.9 Å². The van der Waals surface area contributed by atoms with Crippen LogP contribution in [0, 0.1) is 18.3 Å². The number of rotatable bonds is 17. The SMILES string of the molecule is Cc1ncsc1-c1ccc(CNC(=O)[C@@H]2C[C@@H](O)CN2C(=O)[C@@H](NC(=O)CCCCc2cccc(OC[C@@H](C)CCC(N)=O)c2)C(C)(C)C)cc1.[HH]. The summed E-state index contributed by atoms with van der Waals surface area (Å²) in [4.78, 5) is 58.3. The first-order chi connectivity index (χ1) is 24.2. The molecule has 4 atom stereocenters. The molecule has 0 unspecified atom stereocenters. The smallest absolute Gasteiger partial charge is 0.246 e. The lowest BCUT2D eigenvalue weighted by atomic mass is 9.85. The van der Waals surface area contributed by atoms with Crippen molar-refractivity contribution in [1.82, 2.24) is 20.5 Å². The van der Waals surface area contributed by atoms with Crippen LogP contribution in [-0.4, -0.2) is 70.0 Å². The Morgan fingerprint density at radius 1 is 1.10 bits per heavy atom.